The van der Waals surface area contributed by atoms with Crippen LogP contribution in [0.25, 0.3) is 11.0 Å². The van der Waals surface area contributed by atoms with Gasteiger partial charge in [0.05, 0.1) is 5.56 Å². The first-order chi connectivity index (χ1) is 16.9. The summed E-state index contributed by atoms with van der Waals surface area (Å²) in [4.78, 5) is 55.7. The SMILES string of the molecule is Cc1cn(C2CCC2)c2ncc(C(=O)Nc3ccc4c(c3)CN(C3CCC(=O)NC3=O)C4=O)cc12. The number of rotatable bonds is 4. The van der Waals surface area contributed by atoms with Gasteiger partial charge in [-0.2, -0.15) is 0 Å². The van der Waals surface area contributed by atoms with Crippen LogP contribution in [0.3, 0.4) is 0 Å². The lowest BCUT2D eigenvalue weighted by Gasteiger charge is -2.29. The number of carbonyl (C=O) groups excluding carboxylic acids is 4. The van der Waals surface area contributed by atoms with E-state index in [-0.39, 0.29) is 30.7 Å². The molecule has 2 aromatic heterocycles. The molecule has 1 atom stereocenters. The number of nitrogens with one attached hydrogen (secondary N) is 2. The number of nitrogens with zero attached hydrogens (tertiary/aromatic N) is 3. The molecule has 2 aliphatic heterocycles. The van der Waals surface area contributed by atoms with Crippen molar-refractivity contribution >= 4 is 40.3 Å². The zero-order valence-electron chi connectivity index (χ0n) is 19.3. The van der Waals surface area contributed by atoms with E-state index in [1.165, 1.54) is 11.3 Å². The zero-order chi connectivity index (χ0) is 24.3. The van der Waals surface area contributed by atoms with E-state index < -0.39 is 11.9 Å². The number of hydrogen-bond acceptors (Lipinski definition) is 5. The van der Waals surface area contributed by atoms with Crippen molar-refractivity contribution in [2.24, 2.45) is 0 Å². The van der Waals surface area contributed by atoms with Gasteiger partial charge in [0.2, 0.25) is 11.8 Å². The van der Waals surface area contributed by atoms with Crippen LogP contribution in [0.15, 0.2) is 36.7 Å². The summed E-state index contributed by atoms with van der Waals surface area (Å²) >= 11 is 0. The number of pyridine rings is 1. The Kier molecular flexibility index (Phi) is 4.94. The molecule has 1 saturated carbocycles. The van der Waals surface area contributed by atoms with Crippen LogP contribution >= 0.6 is 0 Å². The van der Waals surface area contributed by atoms with Gasteiger partial charge in [0.15, 0.2) is 0 Å². The molecule has 1 aliphatic carbocycles. The van der Waals surface area contributed by atoms with Crippen LogP contribution in [0.4, 0.5) is 5.69 Å². The third-order valence-electron chi connectivity index (χ3n) is 7.38. The fourth-order valence-electron chi connectivity index (χ4n) is 5.22. The first-order valence-electron chi connectivity index (χ1n) is 11.9. The van der Waals surface area contributed by atoms with Crippen LogP contribution in [0, 0.1) is 6.92 Å². The third kappa shape index (κ3) is 3.58. The van der Waals surface area contributed by atoms with Crippen LogP contribution in [-0.2, 0) is 16.1 Å². The average Bonchev–Trinajstić information content (AvgIpc) is 3.29. The molecule has 4 heterocycles. The molecular weight excluding hydrogens is 446 g/mol. The lowest BCUT2D eigenvalue weighted by atomic mass is 9.93. The summed E-state index contributed by atoms with van der Waals surface area (Å²) in [6.07, 6.45) is 7.80. The van der Waals surface area contributed by atoms with Gasteiger partial charge in [-0.25, -0.2) is 4.98 Å². The number of aryl methyl sites for hydroxylation is 1. The minimum Gasteiger partial charge on any atom is -0.329 e. The van der Waals surface area contributed by atoms with Crippen LogP contribution < -0.4 is 10.6 Å². The van der Waals surface area contributed by atoms with Gasteiger partial charge in [-0.3, -0.25) is 24.5 Å². The van der Waals surface area contributed by atoms with E-state index in [0.717, 1.165) is 35.0 Å². The van der Waals surface area contributed by atoms with Crippen LogP contribution in [0.2, 0.25) is 0 Å². The number of hydrogen-bond donors (Lipinski definition) is 2. The molecule has 0 bridgehead atoms. The van der Waals surface area contributed by atoms with E-state index in [9.17, 15) is 19.2 Å². The molecule has 0 radical (unpaired) electrons. The fourth-order valence-corrected chi connectivity index (χ4v) is 5.22. The summed E-state index contributed by atoms with van der Waals surface area (Å²) in [5.74, 6) is -1.28. The van der Waals surface area contributed by atoms with Gasteiger partial charge < -0.3 is 14.8 Å². The number of imide groups is 1. The normalized spacial score (nSPS) is 20.1. The first-order valence-corrected chi connectivity index (χ1v) is 11.9. The molecule has 1 unspecified atom stereocenters. The Labute approximate surface area is 201 Å². The summed E-state index contributed by atoms with van der Waals surface area (Å²) in [6, 6.07) is 6.83. The van der Waals surface area contributed by atoms with Crippen LogP contribution in [0.1, 0.15) is 70.0 Å². The molecule has 9 heteroatoms. The molecular formula is C26H25N5O4. The first kappa shape index (κ1) is 21.5. The highest BCUT2D eigenvalue weighted by molar-refractivity contribution is 6.08. The molecule has 178 valence electrons. The molecule has 3 aromatic rings. The Morgan fingerprint density at radius 3 is 2.71 bits per heavy atom. The average molecular weight is 472 g/mol. The van der Waals surface area contributed by atoms with Gasteiger partial charge >= 0.3 is 0 Å². The maximum atomic E-state index is 13.0. The van der Waals surface area contributed by atoms with Gasteiger partial charge in [-0.1, -0.05) is 0 Å². The smallest absolute Gasteiger partial charge is 0.257 e. The topological polar surface area (TPSA) is 113 Å². The molecule has 3 aliphatic rings. The van der Waals surface area contributed by atoms with E-state index in [2.05, 4.69) is 26.4 Å². The van der Waals surface area contributed by atoms with E-state index in [0.29, 0.717) is 29.3 Å². The van der Waals surface area contributed by atoms with E-state index in [1.807, 2.05) is 13.0 Å². The quantitative estimate of drug-likeness (QED) is 0.568. The maximum Gasteiger partial charge on any atom is 0.257 e. The Morgan fingerprint density at radius 2 is 1.97 bits per heavy atom. The standard InChI is InChI=1S/C26H25N5O4/c1-14-12-30(18-3-2-4-18)23-20(14)10-15(11-27-23)24(33)28-17-5-6-19-16(9-17)13-31(26(19)35)21-7-8-22(32)29-25(21)34/h5-6,9-12,18,21H,2-4,7-8,13H2,1H3,(H,28,33)(H,29,32,34). The number of fused-ring (bicyclic) bond motifs is 2. The molecule has 35 heavy (non-hydrogen) atoms. The van der Waals surface area contributed by atoms with E-state index >= 15 is 0 Å². The molecule has 1 saturated heterocycles. The summed E-state index contributed by atoms with van der Waals surface area (Å²) in [6.45, 7) is 2.29. The van der Waals surface area contributed by atoms with Crippen molar-refractivity contribution in [3.05, 3.63) is 58.9 Å². The van der Waals surface area contributed by atoms with Gasteiger partial charge in [-0.15, -0.1) is 0 Å². The molecule has 4 amide bonds. The van der Waals surface area contributed by atoms with Crippen molar-refractivity contribution in [3.8, 4) is 0 Å². The molecule has 2 fully saturated rings. The summed E-state index contributed by atoms with van der Waals surface area (Å²) in [5, 5.41) is 6.19. The number of carbonyl (C=O) groups is 4. The third-order valence-corrected chi connectivity index (χ3v) is 7.38. The highest BCUT2D eigenvalue weighted by Gasteiger charge is 2.39. The van der Waals surface area contributed by atoms with Gasteiger partial charge in [0.1, 0.15) is 11.7 Å². The second-order valence-electron chi connectivity index (χ2n) is 9.63. The molecule has 1 aromatic carbocycles. The highest BCUT2D eigenvalue weighted by Crippen LogP contribution is 2.35. The van der Waals surface area contributed by atoms with Gasteiger partial charge in [0, 0.05) is 48.0 Å². The van der Waals surface area contributed by atoms with Gasteiger partial charge in [-0.05, 0) is 68.0 Å². The molecule has 2 N–H and O–H groups in total. The fraction of sp³-hybridized carbons (Fsp3) is 0.346. The van der Waals surface area contributed by atoms with Crippen molar-refractivity contribution in [1.82, 2.24) is 19.8 Å². The van der Waals surface area contributed by atoms with Crippen LogP contribution in [0.5, 0.6) is 0 Å². The van der Waals surface area contributed by atoms with E-state index in [4.69, 9.17) is 0 Å². The number of anilines is 1. The van der Waals surface area contributed by atoms with Gasteiger partial charge in [0.25, 0.3) is 11.8 Å². The van der Waals surface area contributed by atoms with Crippen molar-refractivity contribution in [1.29, 1.82) is 0 Å². The van der Waals surface area contributed by atoms with Crippen LogP contribution in [-0.4, -0.2) is 44.1 Å². The lowest BCUT2D eigenvalue weighted by Crippen LogP contribution is -2.52. The largest absolute Gasteiger partial charge is 0.329 e. The van der Waals surface area contributed by atoms with Crippen molar-refractivity contribution < 1.29 is 19.2 Å². The Bertz CT molecular complexity index is 1420. The highest BCUT2D eigenvalue weighted by atomic mass is 16.2. The molecule has 9 nitrogen and oxygen atoms in total. The number of aromatic nitrogens is 2. The lowest BCUT2D eigenvalue weighted by molar-refractivity contribution is -0.136. The second kappa shape index (κ2) is 8.04. The molecule has 0 spiro atoms. The maximum absolute atomic E-state index is 13.0. The minimum absolute atomic E-state index is 0.208. The van der Waals surface area contributed by atoms with Crippen molar-refractivity contribution in [2.45, 2.75) is 57.7 Å². The van der Waals surface area contributed by atoms with Crippen molar-refractivity contribution in [3.63, 3.8) is 0 Å². The number of amides is 4. The predicted molar refractivity (Wildman–Crippen MR) is 128 cm³/mol. The Balaban J connectivity index is 1.20. The summed E-state index contributed by atoms with van der Waals surface area (Å²) in [5.41, 5.74) is 4.28. The monoisotopic (exact) mass is 471 g/mol. The molecule has 6 rings (SSSR count). The van der Waals surface area contributed by atoms with E-state index in [1.54, 1.807) is 24.4 Å². The Morgan fingerprint density at radius 1 is 1.14 bits per heavy atom. The minimum atomic E-state index is -0.668. The summed E-state index contributed by atoms with van der Waals surface area (Å²) in [7, 11) is 0. The second-order valence-corrected chi connectivity index (χ2v) is 9.63. The number of piperidine rings is 1. The number of benzene rings is 1. The predicted octanol–water partition coefficient (Wildman–Crippen LogP) is 3.08. The summed E-state index contributed by atoms with van der Waals surface area (Å²) < 4.78 is 2.22. The zero-order valence-corrected chi connectivity index (χ0v) is 19.3. The Hall–Kier alpha value is -4.01. The van der Waals surface area contributed by atoms with Crippen molar-refractivity contribution in [2.75, 3.05) is 5.32 Å².